The summed E-state index contributed by atoms with van der Waals surface area (Å²) in [5, 5.41) is 9.34. The minimum Gasteiger partial charge on any atom is -0.477 e. The minimum absolute atomic E-state index is 0.230. The molecular formula is C14H22N2O2S. The van der Waals surface area contributed by atoms with Crippen LogP contribution in [-0.2, 0) is 0 Å². The predicted molar refractivity (Wildman–Crippen MR) is 77.0 cm³/mol. The molecule has 0 spiro atoms. The SMILES string of the molecule is CCC1CCCC(CC)C1n1c(C(=O)O)c[nH]c1=S. The van der Waals surface area contributed by atoms with Crippen LogP contribution >= 0.6 is 12.2 Å². The summed E-state index contributed by atoms with van der Waals surface area (Å²) in [6, 6.07) is 0.230. The van der Waals surface area contributed by atoms with E-state index in [0.29, 0.717) is 22.3 Å². The molecule has 5 heteroatoms. The van der Waals surface area contributed by atoms with Crippen LogP contribution in [0.2, 0.25) is 0 Å². The van der Waals surface area contributed by atoms with Crippen molar-refractivity contribution in [2.75, 3.05) is 0 Å². The number of aromatic nitrogens is 2. The Morgan fingerprint density at radius 3 is 2.47 bits per heavy atom. The highest BCUT2D eigenvalue weighted by Gasteiger charge is 2.35. The number of hydrogen-bond donors (Lipinski definition) is 2. The van der Waals surface area contributed by atoms with E-state index in [4.69, 9.17) is 12.2 Å². The number of rotatable bonds is 4. The molecule has 0 saturated heterocycles. The average Bonchev–Trinajstić information content (AvgIpc) is 2.79. The lowest BCUT2D eigenvalue weighted by Crippen LogP contribution is -2.32. The number of hydrogen-bond acceptors (Lipinski definition) is 2. The van der Waals surface area contributed by atoms with Gasteiger partial charge in [0.25, 0.3) is 0 Å². The molecule has 2 rings (SSSR count). The number of carboxylic acids is 1. The van der Waals surface area contributed by atoms with Crippen LogP contribution in [0.1, 0.15) is 62.5 Å². The number of nitrogens with one attached hydrogen (secondary N) is 1. The number of carboxylic acid groups (broad SMARTS) is 1. The zero-order chi connectivity index (χ0) is 14.0. The number of nitrogens with zero attached hydrogens (tertiary/aromatic N) is 1. The number of H-pyrrole nitrogens is 1. The normalized spacial score (nSPS) is 27.4. The van der Waals surface area contributed by atoms with Gasteiger partial charge in [-0.2, -0.15) is 0 Å². The lowest BCUT2D eigenvalue weighted by molar-refractivity contribution is 0.0665. The highest BCUT2D eigenvalue weighted by molar-refractivity contribution is 7.71. The standard InChI is InChI=1S/C14H22N2O2S/c1-3-9-6-5-7-10(4-2)12(9)16-11(13(17)18)8-15-14(16)19/h8-10,12H,3-7H2,1-2H3,(H,15,19)(H,17,18). The fraction of sp³-hybridized carbons (Fsp3) is 0.714. The van der Waals surface area contributed by atoms with Crippen LogP contribution in [0.25, 0.3) is 0 Å². The summed E-state index contributed by atoms with van der Waals surface area (Å²) in [6.45, 7) is 4.37. The Bertz CT molecular complexity index is 494. The summed E-state index contributed by atoms with van der Waals surface area (Å²) in [4.78, 5) is 14.3. The molecule has 1 saturated carbocycles. The quantitative estimate of drug-likeness (QED) is 0.820. The molecule has 1 aliphatic carbocycles. The van der Waals surface area contributed by atoms with Crippen LogP contribution in [0, 0.1) is 16.6 Å². The van der Waals surface area contributed by atoms with Crippen molar-refractivity contribution in [2.45, 2.75) is 52.0 Å². The molecule has 1 fully saturated rings. The van der Waals surface area contributed by atoms with Gasteiger partial charge in [-0.15, -0.1) is 0 Å². The van der Waals surface area contributed by atoms with Gasteiger partial charge in [-0.25, -0.2) is 4.79 Å². The van der Waals surface area contributed by atoms with E-state index in [1.165, 1.54) is 25.5 Å². The highest BCUT2D eigenvalue weighted by Crippen LogP contribution is 2.42. The Kier molecular flexibility index (Phi) is 4.45. The molecule has 0 aliphatic heterocycles. The first-order chi connectivity index (χ1) is 9.10. The van der Waals surface area contributed by atoms with Crippen LogP contribution in [-0.4, -0.2) is 20.6 Å². The van der Waals surface area contributed by atoms with Crippen molar-refractivity contribution in [1.29, 1.82) is 0 Å². The summed E-state index contributed by atoms with van der Waals surface area (Å²) >= 11 is 5.32. The topological polar surface area (TPSA) is 58.0 Å². The molecule has 0 amide bonds. The van der Waals surface area contributed by atoms with E-state index in [2.05, 4.69) is 18.8 Å². The first-order valence-corrected chi connectivity index (χ1v) is 7.54. The molecule has 106 valence electrons. The molecule has 1 aromatic rings. The summed E-state index contributed by atoms with van der Waals surface area (Å²) in [6.07, 6.45) is 7.26. The van der Waals surface area contributed by atoms with Crippen molar-refractivity contribution in [2.24, 2.45) is 11.8 Å². The summed E-state index contributed by atoms with van der Waals surface area (Å²) in [7, 11) is 0. The molecule has 2 atom stereocenters. The molecule has 0 aromatic carbocycles. The molecule has 0 radical (unpaired) electrons. The van der Waals surface area contributed by atoms with Crippen LogP contribution in [0.5, 0.6) is 0 Å². The Hall–Kier alpha value is -1.10. The first kappa shape index (κ1) is 14.3. The van der Waals surface area contributed by atoms with Crippen molar-refractivity contribution in [3.05, 3.63) is 16.7 Å². The van der Waals surface area contributed by atoms with Crippen LogP contribution in [0.4, 0.5) is 0 Å². The van der Waals surface area contributed by atoms with Gasteiger partial charge in [-0.05, 0) is 36.9 Å². The molecule has 19 heavy (non-hydrogen) atoms. The Balaban J connectivity index is 2.49. The van der Waals surface area contributed by atoms with Gasteiger partial charge in [0.2, 0.25) is 0 Å². The summed E-state index contributed by atoms with van der Waals surface area (Å²) < 4.78 is 2.40. The Morgan fingerprint density at radius 2 is 2.00 bits per heavy atom. The minimum atomic E-state index is -0.900. The second-order valence-corrected chi connectivity index (χ2v) is 5.80. The number of aromatic carboxylic acids is 1. The lowest BCUT2D eigenvalue weighted by Gasteiger charge is -2.39. The zero-order valence-electron chi connectivity index (χ0n) is 11.6. The van der Waals surface area contributed by atoms with Gasteiger partial charge in [0.05, 0.1) is 0 Å². The fourth-order valence-corrected chi connectivity index (χ4v) is 3.80. The van der Waals surface area contributed by atoms with Gasteiger partial charge in [-0.1, -0.05) is 33.1 Å². The third-order valence-electron chi connectivity index (χ3n) is 4.49. The van der Waals surface area contributed by atoms with Crippen molar-refractivity contribution in [1.82, 2.24) is 9.55 Å². The number of carbonyl (C=O) groups is 1. The molecule has 1 heterocycles. The van der Waals surface area contributed by atoms with Crippen LogP contribution < -0.4 is 0 Å². The molecule has 1 aromatic heterocycles. The second kappa shape index (κ2) is 5.90. The molecule has 1 aliphatic rings. The lowest BCUT2D eigenvalue weighted by atomic mass is 9.74. The van der Waals surface area contributed by atoms with E-state index in [0.717, 1.165) is 12.8 Å². The van der Waals surface area contributed by atoms with Crippen molar-refractivity contribution < 1.29 is 9.90 Å². The van der Waals surface area contributed by atoms with Gasteiger partial charge in [0.15, 0.2) is 4.77 Å². The van der Waals surface area contributed by atoms with E-state index in [-0.39, 0.29) is 6.04 Å². The summed E-state index contributed by atoms with van der Waals surface area (Å²) in [5.41, 5.74) is 0.300. The highest BCUT2D eigenvalue weighted by atomic mass is 32.1. The zero-order valence-corrected chi connectivity index (χ0v) is 12.4. The number of imidazole rings is 1. The maximum absolute atomic E-state index is 11.4. The van der Waals surface area contributed by atoms with E-state index < -0.39 is 5.97 Å². The van der Waals surface area contributed by atoms with E-state index in [1.807, 2.05) is 4.57 Å². The van der Waals surface area contributed by atoms with Crippen molar-refractivity contribution in [3.8, 4) is 0 Å². The maximum Gasteiger partial charge on any atom is 0.354 e. The molecular weight excluding hydrogens is 260 g/mol. The van der Waals surface area contributed by atoms with E-state index in [9.17, 15) is 9.90 Å². The summed E-state index contributed by atoms with van der Waals surface area (Å²) in [5.74, 6) is 0.154. The third kappa shape index (κ3) is 2.61. The van der Waals surface area contributed by atoms with Crippen LogP contribution in [0.3, 0.4) is 0 Å². The van der Waals surface area contributed by atoms with E-state index >= 15 is 0 Å². The largest absolute Gasteiger partial charge is 0.477 e. The molecule has 4 nitrogen and oxygen atoms in total. The third-order valence-corrected chi connectivity index (χ3v) is 4.81. The number of aromatic amines is 1. The van der Waals surface area contributed by atoms with Gasteiger partial charge in [-0.3, -0.25) is 0 Å². The van der Waals surface area contributed by atoms with Gasteiger partial charge in [0, 0.05) is 12.2 Å². The Labute approximate surface area is 118 Å². The predicted octanol–water partition coefficient (Wildman–Crippen LogP) is 4.02. The van der Waals surface area contributed by atoms with Gasteiger partial charge < -0.3 is 14.7 Å². The molecule has 0 bridgehead atoms. The van der Waals surface area contributed by atoms with E-state index in [1.54, 1.807) is 0 Å². The van der Waals surface area contributed by atoms with Crippen LogP contribution in [0.15, 0.2) is 6.20 Å². The maximum atomic E-state index is 11.4. The smallest absolute Gasteiger partial charge is 0.354 e. The van der Waals surface area contributed by atoms with Crippen molar-refractivity contribution >= 4 is 18.2 Å². The van der Waals surface area contributed by atoms with Gasteiger partial charge >= 0.3 is 5.97 Å². The second-order valence-electron chi connectivity index (χ2n) is 5.41. The fourth-order valence-electron chi connectivity index (χ4n) is 3.52. The first-order valence-electron chi connectivity index (χ1n) is 7.13. The Morgan fingerprint density at radius 1 is 1.42 bits per heavy atom. The monoisotopic (exact) mass is 282 g/mol. The molecule has 2 N–H and O–H groups in total. The molecule has 2 unspecified atom stereocenters. The van der Waals surface area contributed by atoms with Crippen molar-refractivity contribution in [3.63, 3.8) is 0 Å². The van der Waals surface area contributed by atoms with Gasteiger partial charge in [0.1, 0.15) is 5.69 Å². The average molecular weight is 282 g/mol.